The molecular formula is C10H15BrN2O. The summed E-state index contributed by atoms with van der Waals surface area (Å²) in [6.45, 7) is 2.94. The van der Waals surface area contributed by atoms with E-state index in [2.05, 4.69) is 32.8 Å². The molecule has 78 valence electrons. The third-order valence-electron chi connectivity index (χ3n) is 1.85. The van der Waals surface area contributed by atoms with E-state index < -0.39 is 0 Å². The summed E-state index contributed by atoms with van der Waals surface area (Å²) in [5.41, 5.74) is 0. The topological polar surface area (TPSA) is 35.0 Å². The Bertz CT molecular complexity index is 268. The molecule has 0 saturated heterocycles. The van der Waals surface area contributed by atoms with Crippen molar-refractivity contribution in [1.29, 1.82) is 0 Å². The van der Waals surface area contributed by atoms with E-state index in [1.54, 1.807) is 12.3 Å². The minimum atomic E-state index is 0.573. The largest absolute Gasteiger partial charge is 0.478 e. The zero-order chi connectivity index (χ0) is 10.2. The van der Waals surface area contributed by atoms with Crippen LogP contribution in [0.25, 0.3) is 0 Å². The second-order valence-electron chi connectivity index (χ2n) is 3.07. The van der Waals surface area contributed by atoms with E-state index in [0.29, 0.717) is 10.6 Å². The Morgan fingerprint density at radius 2 is 2.21 bits per heavy atom. The maximum Gasteiger partial charge on any atom is 0.217 e. The monoisotopic (exact) mass is 258 g/mol. The van der Waals surface area contributed by atoms with Gasteiger partial charge in [-0.3, -0.25) is 0 Å². The molecule has 0 unspecified atom stereocenters. The van der Waals surface area contributed by atoms with Crippen molar-refractivity contribution >= 4 is 15.9 Å². The summed E-state index contributed by atoms with van der Waals surface area (Å²) in [4.78, 5) is 8.00. The van der Waals surface area contributed by atoms with Crippen LogP contribution in [-0.2, 0) is 0 Å². The van der Waals surface area contributed by atoms with Gasteiger partial charge in [-0.15, -0.1) is 0 Å². The number of nitrogens with zero attached hydrogens (tertiary/aromatic N) is 2. The first-order valence-electron chi connectivity index (χ1n) is 4.94. The summed E-state index contributed by atoms with van der Waals surface area (Å²) in [7, 11) is 0. The number of halogens is 1. The van der Waals surface area contributed by atoms with Crippen molar-refractivity contribution in [1.82, 2.24) is 9.97 Å². The summed E-state index contributed by atoms with van der Waals surface area (Å²) >= 11 is 3.19. The Morgan fingerprint density at radius 1 is 1.36 bits per heavy atom. The van der Waals surface area contributed by atoms with Gasteiger partial charge in [0, 0.05) is 12.3 Å². The Morgan fingerprint density at radius 3 is 2.93 bits per heavy atom. The van der Waals surface area contributed by atoms with E-state index in [-0.39, 0.29) is 0 Å². The average Bonchev–Trinajstić information content (AvgIpc) is 2.18. The SMILES string of the molecule is CCCCCCOc1ccnc(Br)n1. The highest BCUT2D eigenvalue weighted by Crippen LogP contribution is 2.09. The predicted molar refractivity (Wildman–Crippen MR) is 59.4 cm³/mol. The van der Waals surface area contributed by atoms with Gasteiger partial charge < -0.3 is 4.74 Å². The van der Waals surface area contributed by atoms with Gasteiger partial charge in [0.15, 0.2) is 4.73 Å². The molecule has 3 nitrogen and oxygen atoms in total. The number of rotatable bonds is 6. The molecule has 0 aromatic carbocycles. The maximum absolute atomic E-state index is 5.45. The molecule has 0 N–H and O–H groups in total. The number of hydrogen-bond acceptors (Lipinski definition) is 3. The zero-order valence-corrected chi connectivity index (χ0v) is 9.96. The Hall–Kier alpha value is -0.640. The van der Waals surface area contributed by atoms with Gasteiger partial charge in [-0.25, -0.2) is 4.98 Å². The Balaban J connectivity index is 2.18. The van der Waals surface area contributed by atoms with Gasteiger partial charge in [0.05, 0.1) is 6.61 Å². The molecule has 14 heavy (non-hydrogen) atoms. The maximum atomic E-state index is 5.45. The lowest BCUT2D eigenvalue weighted by atomic mass is 10.2. The molecule has 0 aliphatic carbocycles. The predicted octanol–water partition coefficient (Wildman–Crippen LogP) is 3.20. The van der Waals surface area contributed by atoms with Crippen molar-refractivity contribution in [3.05, 3.63) is 17.0 Å². The first-order chi connectivity index (χ1) is 6.83. The van der Waals surface area contributed by atoms with Crippen LogP contribution in [0.5, 0.6) is 5.88 Å². The van der Waals surface area contributed by atoms with Gasteiger partial charge in [0.2, 0.25) is 5.88 Å². The molecule has 0 aliphatic rings. The van der Waals surface area contributed by atoms with Crippen molar-refractivity contribution < 1.29 is 4.74 Å². The van der Waals surface area contributed by atoms with Crippen LogP contribution in [0.4, 0.5) is 0 Å². The molecular weight excluding hydrogens is 244 g/mol. The van der Waals surface area contributed by atoms with Crippen molar-refractivity contribution in [3.63, 3.8) is 0 Å². The molecule has 1 rings (SSSR count). The molecule has 0 amide bonds. The van der Waals surface area contributed by atoms with Crippen LogP contribution in [0.2, 0.25) is 0 Å². The van der Waals surface area contributed by atoms with E-state index >= 15 is 0 Å². The van der Waals surface area contributed by atoms with Crippen molar-refractivity contribution in [2.75, 3.05) is 6.61 Å². The highest BCUT2D eigenvalue weighted by Gasteiger charge is 1.96. The summed E-state index contributed by atoms with van der Waals surface area (Å²) < 4.78 is 6.03. The lowest BCUT2D eigenvalue weighted by Crippen LogP contribution is -1.99. The molecule has 0 atom stereocenters. The highest BCUT2D eigenvalue weighted by atomic mass is 79.9. The van der Waals surface area contributed by atoms with Crippen LogP contribution in [0.15, 0.2) is 17.0 Å². The van der Waals surface area contributed by atoms with Crippen LogP contribution >= 0.6 is 15.9 Å². The van der Waals surface area contributed by atoms with Crippen molar-refractivity contribution in [2.24, 2.45) is 0 Å². The summed E-state index contributed by atoms with van der Waals surface area (Å²) in [5.74, 6) is 0.642. The van der Waals surface area contributed by atoms with E-state index in [1.807, 2.05) is 0 Å². The van der Waals surface area contributed by atoms with Crippen LogP contribution in [0.3, 0.4) is 0 Å². The first-order valence-corrected chi connectivity index (χ1v) is 5.73. The fourth-order valence-electron chi connectivity index (χ4n) is 1.11. The number of ether oxygens (including phenoxy) is 1. The minimum Gasteiger partial charge on any atom is -0.478 e. The van der Waals surface area contributed by atoms with Gasteiger partial charge in [0.1, 0.15) is 0 Å². The van der Waals surface area contributed by atoms with Gasteiger partial charge in [0.25, 0.3) is 0 Å². The third-order valence-corrected chi connectivity index (χ3v) is 2.23. The molecule has 0 aliphatic heterocycles. The second-order valence-corrected chi connectivity index (χ2v) is 3.78. The minimum absolute atomic E-state index is 0.573. The van der Waals surface area contributed by atoms with Gasteiger partial charge >= 0.3 is 0 Å². The normalized spacial score (nSPS) is 10.1. The standard InChI is InChI=1S/C10H15BrN2O/c1-2-3-4-5-8-14-9-6-7-12-10(11)13-9/h6-7H,2-5,8H2,1H3. The van der Waals surface area contributed by atoms with E-state index in [0.717, 1.165) is 13.0 Å². The fraction of sp³-hybridized carbons (Fsp3) is 0.600. The van der Waals surface area contributed by atoms with Crippen LogP contribution in [0.1, 0.15) is 32.6 Å². The summed E-state index contributed by atoms with van der Waals surface area (Å²) in [5, 5.41) is 0. The zero-order valence-electron chi connectivity index (χ0n) is 8.37. The van der Waals surface area contributed by atoms with E-state index in [1.165, 1.54) is 19.3 Å². The van der Waals surface area contributed by atoms with Gasteiger partial charge in [-0.2, -0.15) is 4.98 Å². The number of hydrogen-bond donors (Lipinski definition) is 0. The second kappa shape index (κ2) is 6.76. The lowest BCUT2D eigenvalue weighted by molar-refractivity contribution is 0.292. The quantitative estimate of drug-likeness (QED) is 0.581. The molecule has 0 fully saturated rings. The van der Waals surface area contributed by atoms with Gasteiger partial charge in [-0.1, -0.05) is 26.2 Å². The first kappa shape index (κ1) is 11.4. The highest BCUT2D eigenvalue weighted by molar-refractivity contribution is 9.10. The van der Waals surface area contributed by atoms with E-state index in [4.69, 9.17) is 4.74 Å². The molecule has 0 bridgehead atoms. The van der Waals surface area contributed by atoms with E-state index in [9.17, 15) is 0 Å². The smallest absolute Gasteiger partial charge is 0.217 e. The Kier molecular flexibility index (Phi) is 5.52. The van der Waals surface area contributed by atoms with Crippen LogP contribution in [0, 0.1) is 0 Å². The summed E-state index contributed by atoms with van der Waals surface area (Å²) in [6.07, 6.45) is 6.52. The van der Waals surface area contributed by atoms with Crippen molar-refractivity contribution in [3.8, 4) is 5.88 Å². The molecule has 1 heterocycles. The average molecular weight is 259 g/mol. The molecule has 0 spiro atoms. The van der Waals surface area contributed by atoms with Crippen LogP contribution < -0.4 is 4.74 Å². The molecule has 1 aromatic rings. The molecule has 1 aromatic heterocycles. The van der Waals surface area contributed by atoms with Crippen LogP contribution in [-0.4, -0.2) is 16.6 Å². The molecule has 0 saturated carbocycles. The fourth-order valence-corrected chi connectivity index (χ4v) is 1.40. The number of unbranched alkanes of at least 4 members (excludes halogenated alkanes) is 3. The molecule has 0 radical (unpaired) electrons. The summed E-state index contributed by atoms with van der Waals surface area (Å²) in [6, 6.07) is 1.77. The van der Waals surface area contributed by atoms with Crippen molar-refractivity contribution in [2.45, 2.75) is 32.6 Å². The number of aromatic nitrogens is 2. The molecule has 4 heteroatoms. The van der Waals surface area contributed by atoms with Gasteiger partial charge in [-0.05, 0) is 22.4 Å². The third kappa shape index (κ3) is 4.56. The lowest BCUT2D eigenvalue weighted by Gasteiger charge is -2.04. The Labute approximate surface area is 93.0 Å².